The van der Waals surface area contributed by atoms with Crippen LogP contribution in [-0.4, -0.2) is 0 Å². The van der Waals surface area contributed by atoms with Gasteiger partial charge in [-0.15, -0.1) is 11.6 Å². The maximum atomic E-state index is 9.05. The van der Waals surface area contributed by atoms with E-state index in [9.17, 15) is 0 Å². The zero-order chi connectivity index (χ0) is 14.5. The summed E-state index contributed by atoms with van der Waals surface area (Å²) in [6.45, 7) is 0.334. The average molecular weight is 416 g/mol. The lowest BCUT2D eigenvalue weighted by Gasteiger charge is -2.12. The molecule has 0 unspecified atom stereocenters. The molecule has 2 rings (SSSR count). The minimum absolute atomic E-state index is 0.334. The van der Waals surface area contributed by atoms with Gasteiger partial charge in [0.1, 0.15) is 12.4 Å². The molecule has 0 saturated carbocycles. The highest BCUT2D eigenvalue weighted by molar-refractivity contribution is 9.11. The minimum atomic E-state index is 0.334. The van der Waals surface area contributed by atoms with Crippen molar-refractivity contribution >= 4 is 43.5 Å². The predicted molar refractivity (Wildman–Crippen MR) is 86.9 cm³/mol. The number of halogens is 3. The van der Waals surface area contributed by atoms with Gasteiger partial charge in [0.15, 0.2) is 0 Å². The van der Waals surface area contributed by atoms with Crippen molar-refractivity contribution in [3.8, 4) is 11.8 Å². The van der Waals surface area contributed by atoms with Crippen LogP contribution < -0.4 is 4.74 Å². The number of nitrogens with zero attached hydrogens (tertiary/aromatic N) is 1. The lowest BCUT2D eigenvalue weighted by molar-refractivity contribution is 0.302. The summed E-state index contributed by atoms with van der Waals surface area (Å²) in [6, 6.07) is 13.4. The molecule has 2 aromatic carbocycles. The van der Waals surface area contributed by atoms with Gasteiger partial charge in [-0.1, -0.05) is 18.2 Å². The van der Waals surface area contributed by atoms with Crippen LogP contribution in [-0.2, 0) is 12.5 Å². The number of alkyl halides is 1. The van der Waals surface area contributed by atoms with Crippen molar-refractivity contribution in [1.82, 2.24) is 0 Å². The second kappa shape index (κ2) is 7.12. The van der Waals surface area contributed by atoms with E-state index in [1.807, 2.05) is 30.3 Å². The number of hydrogen-bond acceptors (Lipinski definition) is 2. The molecule has 0 radical (unpaired) electrons. The van der Waals surface area contributed by atoms with Crippen LogP contribution in [0.1, 0.15) is 16.7 Å². The zero-order valence-corrected chi connectivity index (χ0v) is 14.3. The van der Waals surface area contributed by atoms with Crippen LogP contribution in [0.2, 0.25) is 0 Å². The lowest BCUT2D eigenvalue weighted by Crippen LogP contribution is -1.99. The Morgan fingerprint density at radius 3 is 2.40 bits per heavy atom. The van der Waals surface area contributed by atoms with E-state index in [0.29, 0.717) is 23.8 Å². The first-order chi connectivity index (χ1) is 9.65. The largest absolute Gasteiger partial charge is 0.486 e. The first-order valence-corrected chi connectivity index (χ1v) is 7.92. The molecule has 0 aliphatic heterocycles. The molecule has 0 aromatic heterocycles. The van der Waals surface area contributed by atoms with Crippen molar-refractivity contribution in [3.05, 3.63) is 62.0 Å². The third-order valence-corrected chi connectivity index (χ3v) is 4.21. The molecule has 0 atom stereocenters. The van der Waals surface area contributed by atoms with E-state index in [0.717, 1.165) is 20.1 Å². The molecule has 0 saturated heterocycles. The summed E-state index contributed by atoms with van der Waals surface area (Å²) in [5, 5.41) is 9.05. The fourth-order valence-electron chi connectivity index (χ4n) is 1.73. The number of rotatable bonds is 4. The maximum absolute atomic E-state index is 9.05. The van der Waals surface area contributed by atoms with Crippen molar-refractivity contribution < 1.29 is 4.74 Å². The van der Waals surface area contributed by atoms with E-state index >= 15 is 0 Å². The summed E-state index contributed by atoms with van der Waals surface area (Å²) in [7, 11) is 0. The van der Waals surface area contributed by atoms with E-state index in [4.69, 9.17) is 21.6 Å². The molecule has 0 spiro atoms. The smallest absolute Gasteiger partial charge is 0.148 e. The van der Waals surface area contributed by atoms with Crippen LogP contribution in [0.25, 0.3) is 0 Å². The average Bonchev–Trinajstić information content (AvgIpc) is 2.46. The number of hydrogen-bond donors (Lipinski definition) is 0. The first-order valence-electron chi connectivity index (χ1n) is 5.80. The SMILES string of the molecule is N#Cc1ccccc1COc1c(Br)cc(CCl)cc1Br. The van der Waals surface area contributed by atoms with Gasteiger partial charge in [0, 0.05) is 11.4 Å². The van der Waals surface area contributed by atoms with Gasteiger partial charge < -0.3 is 4.74 Å². The van der Waals surface area contributed by atoms with E-state index in [1.165, 1.54) is 0 Å². The van der Waals surface area contributed by atoms with Crippen molar-refractivity contribution in [3.63, 3.8) is 0 Å². The van der Waals surface area contributed by atoms with E-state index in [-0.39, 0.29) is 0 Å². The highest BCUT2D eigenvalue weighted by Crippen LogP contribution is 2.35. The normalized spacial score (nSPS) is 10.1. The maximum Gasteiger partial charge on any atom is 0.148 e. The lowest BCUT2D eigenvalue weighted by atomic mass is 10.1. The fourth-order valence-corrected chi connectivity index (χ4v) is 3.40. The quantitative estimate of drug-likeness (QED) is 0.627. The third-order valence-electron chi connectivity index (χ3n) is 2.72. The van der Waals surface area contributed by atoms with Gasteiger partial charge in [0.25, 0.3) is 0 Å². The van der Waals surface area contributed by atoms with Crippen LogP contribution >= 0.6 is 43.5 Å². The third kappa shape index (κ3) is 3.54. The topological polar surface area (TPSA) is 33.0 Å². The van der Waals surface area contributed by atoms with E-state index in [2.05, 4.69) is 37.9 Å². The molecule has 0 aliphatic carbocycles. The molecular weight excluding hydrogens is 405 g/mol. The highest BCUT2D eigenvalue weighted by Gasteiger charge is 2.10. The van der Waals surface area contributed by atoms with Gasteiger partial charge >= 0.3 is 0 Å². The summed E-state index contributed by atoms with van der Waals surface area (Å²) in [4.78, 5) is 0. The second-order valence-corrected chi connectivity index (χ2v) is 6.06. The van der Waals surface area contributed by atoms with Gasteiger partial charge in [0.2, 0.25) is 0 Å². The number of nitriles is 1. The molecular formula is C15H10Br2ClNO. The number of benzene rings is 2. The van der Waals surface area contributed by atoms with Crippen molar-refractivity contribution in [1.29, 1.82) is 5.26 Å². The van der Waals surface area contributed by atoms with Crippen LogP contribution in [0, 0.1) is 11.3 Å². The highest BCUT2D eigenvalue weighted by atomic mass is 79.9. The van der Waals surface area contributed by atoms with E-state index < -0.39 is 0 Å². The Labute approximate surface area is 139 Å². The molecule has 2 nitrogen and oxygen atoms in total. The molecule has 0 aliphatic rings. The molecule has 0 fully saturated rings. The van der Waals surface area contributed by atoms with Crippen LogP contribution in [0.3, 0.4) is 0 Å². The van der Waals surface area contributed by atoms with Gasteiger partial charge in [0.05, 0.1) is 20.6 Å². The minimum Gasteiger partial charge on any atom is -0.486 e. The number of ether oxygens (including phenoxy) is 1. The Balaban J connectivity index is 2.22. The van der Waals surface area contributed by atoms with Gasteiger partial charge in [-0.25, -0.2) is 0 Å². The summed E-state index contributed by atoms with van der Waals surface area (Å²) in [5.41, 5.74) is 2.47. The van der Waals surface area contributed by atoms with Gasteiger partial charge in [-0.2, -0.15) is 5.26 Å². The van der Waals surface area contributed by atoms with Crippen molar-refractivity contribution in [2.45, 2.75) is 12.5 Å². The summed E-state index contributed by atoms with van der Waals surface area (Å²) in [6.07, 6.45) is 0. The van der Waals surface area contributed by atoms with Gasteiger partial charge in [-0.05, 0) is 55.6 Å². The molecule has 20 heavy (non-hydrogen) atoms. The first kappa shape index (κ1) is 15.4. The van der Waals surface area contributed by atoms with Crippen LogP contribution in [0.5, 0.6) is 5.75 Å². The molecule has 0 heterocycles. The van der Waals surface area contributed by atoms with Crippen molar-refractivity contribution in [2.24, 2.45) is 0 Å². The zero-order valence-electron chi connectivity index (χ0n) is 10.4. The fraction of sp³-hybridized carbons (Fsp3) is 0.133. The summed E-state index contributed by atoms with van der Waals surface area (Å²) in [5.74, 6) is 1.14. The summed E-state index contributed by atoms with van der Waals surface area (Å²) >= 11 is 12.8. The van der Waals surface area contributed by atoms with Gasteiger partial charge in [-0.3, -0.25) is 0 Å². The Morgan fingerprint density at radius 1 is 1.15 bits per heavy atom. The predicted octanol–water partition coefficient (Wildman–Crippen LogP) is 5.40. The summed E-state index contributed by atoms with van der Waals surface area (Å²) < 4.78 is 7.47. The molecule has 2 aromatic rings. The molecule has 5 heteroatoms. The standard InChI is InChI=1S/C15H10Br2ClNO/c16-13-5-10(7-18)6-14(17)15(13)20-9-12-4-2-1-3-11(12)8-19/h1-6H,7,9H2. The Bertz CT molecular complexity index is 644. The second-order valence-electron chi connectivity index (χ2n) is 4.08. The Kier molecular flexibility index (Phi) is 5.47. The van der Waals surface area contributed by atoms with Crippen LogP contribution in [0.15, 0.2) is 45.3 Å². The molecule has 0 N–H and O–H groups in total. The Morgan fingerprint density at radius 2 is 1.80 bits per heavy atom. The molecule has 102 valence electrons. The molecule has 0 bridgehead atoms. The Hall–Kier alpha value is -1.02. The monoisotopic (exact) mass is 413 g/mol. The molecule has 0 amide bonds. The van der Waals surface area contributed by atoms with Crippen molar-refractivity contribution in [2.75, 3.05) is 0 Å². The van der Waals surface area contributed by atoms with Crippen LogP contribution in [0.4, 0.5) is 0 Å². The van der Waals surface area contributed by atoms with E-state index in [1.54, 1.807) is 6.07 Å².